The molecule has 2 N–H and O–H groups in total. The number of benzene rings is 1. The first kappa shape index (κ1) is 11.7. The van der Waals surface area contributed by atoms with E-state index in [0.717, 1.165) is 12.1 Å². The predicted octanol–water partition coefficient (Wildman–Crippen LogP) is 1.30. The van der Waals surface area contributed by atoms with E-state index in [0.29, 0.717) is 0 Å². The molecule has 0 aliphatic rings. The van der Waals surface area contributed by atoms with Crippen LogP contribution in [0.25, 0.3) is 0 Å². The van der Waals surface area contributed by atoms with Gasteiger partial charge in [-0.05, 0) is 12.1 Å². The van der Waals surface area contributed by atoms with E-state index in [1.54, 1.807) is 0 Å². The van der Waals surface area contributed by atoms with Crippen LogP contribution in [0.15, 0.2) is 18.2 Å². The molecule has 0 aromatic heterocycles. The summed E-state index contributed by atoms with van der Waals surface area (Å²) in [6.07, 6.45) is -1.65. The van der Waals surface area contributed by atoms with Crippen LogP contribution in [0.2, 0.25) is 5.02 Å². The molecule has 4 nitrogen and oxygen atoms in total. The monoisotopic (exact) mass is 234 g/mol. The molecule has 15 heavy (non-hydrogen) atoms. The van der Waals surface area contributed by atoms with Gasteiger partial charge in [0.1, 0.15) is 18.2 Å². The molecule has 82 valence electrons. The Hall–Kier alpha value is -1.33. The molecule has 0 saturated carbocycles. The number of carbonyl (C=O) groups is 1. The average molecular weight is 235 g/mol. The van der Waals surface area contributed by atoms with Crippen LogP contribution in [-0.4, -0.2) is 28.9 Å². The van der Waals surface area contributed by atoms with Crippen molar-refractivity contribution in [3.05, 3.63) is 29.0 Å². The Morgan fingerprint density at radius 2 is 2.20 bits per heavy atom. The molecule has 1 aromatic carbocycles. The van der Waals surface area contributed by atoms with Crippen molar-refractivity contribution in [3.63, 3.8) is 0 Å². The van der Waals surface area contributed by atoms with Crippen LogP contribution in [0.1, 0.15) is 0 Å². The van der Waals surface area contributed by atoms with Gasteiger partial charge in [-0.1, -0.05) is 11.6 Å². The van der Waals surface area contributed by atoms with Crippen molar-refractivity contribution >= 4 is 17.6 Å². The Morgan fingerprint density at radius 1 is 1.53 bits per heavy atom. The molecule has 0 amide bonds. The van der Waals surface area contributed by atoms with Crippen LogP contribution < -0.4 is 4.74 Å². The van der Waals surface area contributed by atoms with E-state index in [-0.39, 0.29) is 10.8 Å². The van der Waals surface area contributed by atoms with Gasteiger partial charge in [-0.15, -0.1) is 0 Å². The zero-order chi connectivity index (χ0) is 11.4. The van der Waals surface area contributed by atoms with Gasteiger partial charge in [-0.2, -0.15) is 0 Å². The first-order valence-corrected chi connectivity index (χ1v) is 4.36. The first-order chi connectivity index (χ1) is 6.99. The van der Waals surface area contributed by atoms with Crippen molar-refractivity contribution in [2.45, 2.75) is 6.10 Å². The van der Waals surface area contributed by atoms with Crippen LogP contribution in [0.4, 0.5) is 4.39 Å². The van der Waals surface area contributed by atoms with Crippen molar-refractivity contribution in [2.24, 2.45) is 0 Å². The number of carboxylic acid groups (broad SMARTS) is 1. The lowest BCUT2D eigenvalue weighted by Gasteiger charge is -2.08. The number of hydrogen-bond acceptors (Lipinski definition) is 3. The number of rotatable bonds is 4. The summed E-state index contributed by atoms with van der Waals surface area (Å²) in [5, 5.41) is 17.3. The number of aliphatic hydroxyl groups excluding tert-OH is 1. The summed E-state index contributed by atoms with van der Waals surface area (Å²) in [5.41, 5.74) is 0. The fraction of sp³-hybridized carbons (Fsp3) is 0.222. The summed E-state index contributed by atoms with van der Waals surface area (Å²) >= 11 is 5.53. The Labute approximate surface area is 89.9 Å². The molecule has 0 spiro atoms. The highest BCUT2D eigenvalue weighted by molar-refractivity contribution is 6.30. The number of aliphatic carboxylic acids is 1. The second kappa shape index (κ2) is 4.95. The van der Waals surface area contributed by atoms with E-state index in [1.807, 2.05) is 0 Å². The molecule has 0 bridgehead atoms. The zero-order valence-electron chi connectivity index (χ0n) is 7.48. The summed E-state index contributed by atoms with van der Waals surface area (Å²) in [7, 11) is 0. The number of aliphatic hydroxyl groups is 1. The Balaban J connectivity index is 2.61. The molecule has 0 fully saturated rings. The second-order valence-corrected chi connectivity index (χ2v) is 3.21. The molecular formula is C9H8ClFO4. The molecule has 1 atom stereocenters. The van der Waals surface area contributed by atoms with E-state index < -0.39 is 24.5 Å². The van der Waals surface area contributed by atoms with E-state index in [2.05, 4.69) is 0 Å². The lowest BCUT2D eigenvalue weighted by Crippen LogP contribution is -2.26. The van der Waals surface area contributed by atoms with Crippen molar-refractivity contribution in [1.82, 2.24) is 0 Å². The average Bonchev–Trinajstić information content (AvgIpc) is 2.12. The number of hydrogen-bond donors (Lipinski definition) is 2. The zero-order valence-corrected chi connectivity index (χ0v) is 8.24. The maximum Gasteiger partial charge on any atom is 0.336 e. The molecule has 0 aliphatic heterocycles. The van der Waals surface area contributed by atoms with E-state index >= 15 is 0 Å². The minimum Gasteiger partial charge on any atom is -0.490 e. The van der Waals surface area contributed by atoms with E-state index in [9.17, 15) is 9.18 Å². The van der Waals surface area contributed by atoms with Gasteiger partial charge in [0.15, 0.2) is 6.10 Å². The van der Waals surface area contributed by atoms with Gasteiger partial charge < -0.3 is 14.9 Å². The summed E-state index contributed by atoms with van der Waals surface area (Å²) in [6, 6.07) is 3.45. The Morgan fingerprint density at radius 3 is 2.73 bits per heavy atom. The smallest absolute Gasteiger partial charge is 0.336 e. The predicted molar refractivity (Wildman–Crippen MR) is 50.5 cm³/mol. The van der Waals surface area contributed by atoms with Crippen molar-refractivity contribution < 1.29 is 24.1 Å². The SMILES string of the molecule is O=C(O)C(O)COc1cc(F)cc(Cl)c1. The van der Waals surface area contributed by atoms with Gasteiger partial charge in [0.25, 0.3) is 0 Å². The van der Waals surface area contributed by atoms with Crippen LogP contribution in [0.3, 0.4) is 0 Å². The Bertz CT molecular complexity index is 349. The lowest BCUT2D eigenvalue weighted by atomic mass is 10.3. The maximum absolute atomic E-state index is 12.8. The van der Waals surface area contributed by atoms with Crippen LogP contribution in [0.5, 0.6) is 5.75 Å². The molecule has 1 aromatic rings. The molecule has 1 unspecified atom stereocenters. The molecule has 6 heteroatoms. The fourth-order valence-corrected chi connectivity index (χ4v) is 1.07. The van der Waals surface area contributed by atoms with Crippen molar-refractivity contribution in [1.29, 1.82) is 0 Å². The quantitative estimate of drug-likeness (QED) is 0.824. The van der Waals surface area contributed by atoms with E-state index in [1.165, 1.54) is 6.07 Å². The molecular weight excluding hydrogens is 227 g/mol. The molecule has 0 aliphatic carbocycles. The number of carboxylic acids is 1. The molecule has 0 radical (unpaired) electrons. The van der Waals surface area contributed by atoms with Gasteiger partial charge in [0.2, 0.25) is 0 Å². The topological polar surface area (TPSA) is 66.8 Å². The van der Waals surface area contributed by atoms with Gasteiger partial charge in [-0.3, -0.25) is 0 Å². The minimum absolute atomic E-state index is 0.0697. The summed E-state index contributed by atoms with van der Waals surface area (Å²) in [4.78, 5) is 10.2. The maximum atomic E-state index is 12.8. The third-order valence-electron chi connectivity index (χ3n) is 1.53. The number of halogens is 2. The standard InChI is InChI=1S/C9H8ClFO4/c10-5-1-6(11)3-7(2-5)15-4-8(12)9(13)14/h1-3,8,12H,4H2,(H,13,14). The van der Waals surface area contributed by atoms with Gasteiger partial charge in [-0.25, -0.2) is 9.18 Å². The third kappa shape index (κ3) is 3.73. The number of ether oxygens (including phenoxy) is 1. The first-order valence-electron chi connectivity index (χ1n) is 3.99. The fourth-order valence-electron chi connectivity index (χ4n) is 0.858. The van der Waals surface area contributed by atoms with Gasteiger partial charge in [0.05, 0.1) is 0 Å². The molecule has 0 saturated heterocycles. The van der Waals surface area contributed by atoms with E-state index in [4.69, 9.17) is 26.6 Å². The lowest BCUT2D eigenvalue weighted by molar-refractivity contribution is -0.148. The van der Waals surface area contributed by atoms with Gasteiger partial charge in [0, 0.05) is 11.1 Å². The van der Waals surface area contributed by atoms with Crippen molar-refractivity contribution in [2.75, 3.05) is 6.61 Å². The minimum atomic E-state index is -1.65. The second-order valence-electron chi connectivity index (χ2n) is 2.77. The largest absolute Gasteiger partial charge is 0.490 e. The van der Waals surface area contributed by atoms with Crippen LogP contribution in [-0.2, 0) is 4.79 Å². The highest BCUT2D eigenvalue weighted by Gasteiger charge is 2.13. The van der Waals surface area contributed by atoms with Crippen molar-refractivity contribution in [3.8, 4) is 5.75 Å². The third-order valence-corrected chi connectivity index (χ3v) is 1.75. The summed E-state index contributed by atoms with van der Waals surface area (Å²) in [6.45, 7) is -0.463. The summed E-state index contributed by atoms with van der Waals surface area (Å²) in [5.74, 6) is -1.93. The summed E-state index contributed by atoms with van der Waals surface area (Å²) < 4.78 is 17.6. The van der Waals surface area contributed by atoms with Crippen LogP contribution in [0, 0.1) is 5.82 Å². The Kier molecular flexibility index (Phi) is 3.88. The highest BCUT2D eigenvalue weighted by Crippen LogP contribution is 2.20. The van der Waals surface area contributed by atoms with Crippen LogP contribution >= 0.6 is 11.6 Å². The molecule has 0 heterocycles. The highest BCUT2D eigenvalue weighted by atomic mass is 35.5. The molecule has 1 rings (SSSR count). The van der Waals surface area contributed by atoms with Gasteiger partial charge >= 0.3 is 5.97 Å². The normalized spacial score (nSPS) is 12.2.